The lowest BCUT2D eigenvalue weighted by molar-refractivity contribution is 0.137. The van der Waals surface area contributed by atoms with Gasteiger partial charge in [0.15, 0.2) is 0 Å². The number of benzene rings is 1. The van der Waals surface area contributed by atoms with Crippen LogP contribution >= 0.6 is 0 Å². The topological polar surface area (TPSA) is 30.8 Å². The Kier molecular flexibility index (Phi) is 2.68. The van der Waals surface area contributed by atoms with Gasteiger partial charge in [-0.05, 0) is 19.1 Å². The molecule has 0 amide bonds. The summed E-state index contributed by atoms with van der Waals surface area (Å²) in [5, 5.41) is 3.87. The van der Waals surface area contributed by atoms with E-state index in [1.165, 1.54) is 0 Å². The highest BCUT2D eigenvalue weighted by molar-refractivity contribution is 5.85. The summed E-state index contributed by atoms with van der Waals surface area (Å²) in [6.07, 6.45) is 0. The van der Waals surface area contributed by atoms with Gasteiger partial charge in [-0.2, -0.15) is 0 Å². The maximum Gasteiger partial charge on any atom is 0.128 e. The number of nitrogens with zero attached hydrogens (tertiary/aromatic N) is 1. The van der Waals surface area contributed by atoms with Gasteiger partial charge in [-0.1, -0.05) is 23.4 Å². The zero-order valence-corrected chi connectivity index (χ0v) is 8.14. The summed E-state index contributed by atoms with van der Waals surface area (Å²) in [7, 11) is 0. The third-order valence-electron chi connectivity index (χ3n) is 2.27. The van der Waals surface area contributed by atoms with Gasteiger partial charge in [0.2, 0.25) is 0 Å². The Morgan fingerprint density at radius 1 is 1.43 bits per heavy atom. The molecule has 3 heteroatoms. The first-order valence-electron chi connectivity index (χ1n) is 4.70. The Balaban J connectivity index is 1.86. The van der Waals surface area contributed by atoms with Gasteiger partial charge in [0.05, 0.1) is 18.2 Å². The molecule has 0 fully saturated rings. The van der Waals surface area contributed by atoms with Crippen molar-refractivity contribution in [3.05, 3.63) is 30.3 Å². The third kappa shape index (κ3) is 2.05. The predicted octanol–water partition coefficient (Wildman–Crippen LogP) is 2.09. The van der Waals surface area contributed by atoms with Gasteiger partial charge in [-0.25, -0.2) is 0 Å². The van der Waals surface area contributed by atoms with E-state index in [-0.39, 0.29) is 0 Å². The van der Waals surface area contributed by atoms with Crippen LogP contribution in [0.4, 0.5) is 0 Å². The number of oxime groups is 1. The fraction of sp³-hybridized carbons (Fsp3) is 0.364. The van der Waals surface area contributed by atoms with Crippen molar-refractivity contribution in [2.45, 2.75) is 6.92 Å². The van der Waals surface area contributed by atoms with Crippen LogP contribution in [-0.2, 0) is 4.84 Å². The van der Waals surface area contributed by atoms with Crippen molar-refractivity contribution in [3.63, 3.8) is 0 Å². The molecule has 1 unspecified atom stereocenters. The molecule has 1 aliphatic heterocycles. The molecule has 1 aromatic carbocycles. The Labute approximate surface area is 83.3 Å². The Hall–Kier alpha value is -1.51. The lowest BCUT2D eigenvalue weighted by atomic mass is 10.1. The van der Waals surface area contributed by atoms with Crippen molar-refractivity contribution in [2.24, 2.45) is 11.1 Å². The lowest BCUT2D eigenvalue weighted by Gasteiger charge is -2.09. The summed E-state index contributed by atoms with van der Waals surface area (Å²) < 4.78 is 5.60. The van der Waals surface area contributed by atoms with Gasteiger partial charge in [0.1, 0.15) is 12.4 Å². The van der Waals surface area contributed by atoms with E-state index in [0.29, 0.717) is 19.1 Å². The van der Waals surface area contributed by atoms with E-state index in [4.69, 9.17) is 9.57 Å². The van der Waals surface area contributed by atoms with Crippen molar-refractivity contribution < 1.29 is 9.57 Å². The van der Waals surface area contributed by atoms with Gasteiger partial charge in [-0.15, -0.1) is 0 Å². The molecule has 0 bridgehead atoms. The van der Waals surface area contributed by atoms with Crippen LogP contribution in [0.5, 0.6) is 5.75 Å². The summed E-state index contributed by atoms with van der Waals surface area (Å²) in [4.78, 5) is 4.97. The van der Waals surface area contributed by atoms with Crippen LogP contribution in [0.25, 0.3) is 0 Å². The van der Waals surface area contributed by atoms with Crippen molar-refractivity contribution >= 4 is 5.71 Å². The second-order valence-corrected chi connectivity index (χ2v) is 3.35. The van der Waals surface area contributed by atoms with Crippen LogP contribution in [0.1, 0.15) is 6.92 Å². The monoisotopic (exact) mass is 191 g/mol. The van der Waals surface area contributed by atoms with Crippen LogP contribution in [0, 0.1) is 5.92 Å². The third-order valence-corrected chi connectivity index (χ3v) is 2.27. The molecule has 0 N–H and O–H groups in total. The molecule has 0 radical (unpaired) electrons. The summed E-state index contributed by atoms with van der Waals surface area (Å²) in [6, 6.07) is 9.78. The van der Waals surface area contributed by atoms with Crippen LogP contribution < -0.4 is 4.74 Å². The molecular formula is C11H13NO2. The van der Waals surface area contributed by atoms with E-state index >= 15 is 0 Å². The second-order valence-electron chi connectivity index (χ2n) is 3.35. The molecule has 1 aromatic rings. The average Bonchev–Trinajstić information content (AvgIpc) is 2.63. The van der Waals surface area contributed by atoms with Crippen LogP contribution in [0.3, 0.4) is 0 Å². The molecule has 0 spiro atoms. The fourth-order valence-electron chi connectivity index (χ4n) is 1.31. The van der Waals surface area contributed by atoms with Gasteiger partial charge < -0.3 is 9.57 Å². The maximum absolute atomic E-state index is 5.60. The number of hydrogen-bond acceptors (Lipinski definition) is 3. The molecule has 0 saturated heterocycles. The summed E-state index contributed by atoms with van der Waals surface area (Å²) >= 11 is 0. The Bertz CT molecular complexity index is 321. The standard InChI is InChI=1S/C11H13NO2/c1-9-10(8-14-12-9)7-13-11-5-3-2-4-6-11/h2-6,10H,7-8H2,1H3. The van der Waals surface area contributed by atoms with E-state index in [0.717, 1.165) is 11.5 Å². The first-order chi connectivity index (χ1) is 6.86. The SMILES string of the molecule is CC1=NOCC1COc1ccccc1. The maximum atomic E-state index is 5.60. The van der Waals surface area contributed by atoms with Gasteiger partial charge in [0.25, 0.3) is 0 Å². The molecule has 3 nitrogen and oxygen atoms in total. The molecule has 0 saturated carbocycles. The van der Waals surface area contributed by atoms with Gasteiger partial charge >= 0.3 is 0 Å². The molecule has 0 aliphatic carbocycles. The lowest BCUT2D eigenvalue weighted by Crippen LogP contribution is -2.19. The molecule has 14 heavy (non-hydrogen) atoms. The van der Waals surface area contributed by atoms with Crippen LogP contribution in [0.15, 0.2) is 35.5 Å². The van der Waals surface area contributed by atoms with E-state index in [1.54, 1.807) is 0 Å². The van der Waals surface area contributed by atoms with Crippen molar-refractivity contribution in [2.75, 3.05) is 13.2 Å². The number of hydrogen-bond donors (Lipinski definition) is 0. The summed E-state index contributed by atoms with van der Waals surface area (Å²) in [5.41, 5.74) is 1.01. The van der Waals surface area contributed by atoms with Crippen LogP contribution in [-0.4, -0.2) is 18.9 Å². The quantitative estimate of drug-likeness (QED) is 0.732. The van der Waals surface area contributed by atoms with E-state index in [1.807, 2.05) is 37.3 Å². The van der Waals surface area contributed by atoms with Crippen molar-refractivity contribution in [3.8, 4) is 5.75 Å². The molecule has 1 heterocycles. The number of ether oxygens (including phenoxy) is 1. The number of rotatable bonds is 3. The molecule has 1 atom stereocenters. The summed E-state index contributed by atoms with van der Waals surface area (Å²) in [5.74, 6) is 1.20. The normalized spacial score (nSPS) is 20.1. The molecule has 0 aromatic heterocycles. The summed E-state index contributed by atoms with van der Waals surface area (Å²) in [6.45, 7) is 3.24. The largest absolute Gasteiger partial charge is 0.493 e. The fourth-order valence-corrected chi connectivity index (χ4v) is 1.31. The Morgan fingerprint density at radius 3 is 2.86 bits per heavy atom. The molecule has 2 rings (SSSR count). The predicted molar refractivity (Wildman–Crippen MR) is 54.5 cm³/mol. The van der Waals surface area contributed by atoms with Crippen LogP contribution in [0.2, 0.25) is 0 Å². The highest BCUT2D eigenvalue weighted by atomic mass is 16.6. The van der Waals surface area contributed by atoms with Gasteiger partial charge in [-0.3, -0.25) is 0 Å². The molecular weight excluding hydrogens is 178 g/mol. The zero-order chi connectivity index (χ0) is 9.80. The first kappa shape index (κ1) is 9.06. The van der Waals surface area contributed by atoms with Crippen molar-refractivity contribution in [1.82, 2.24) is 0 Å². The molecule has 1 aliphatic rings. The average molecular weight is 191 g/mol. The minimum Gasteiger partial charge on any atom is -0.493 e. The van der Waals surface area contributed by atoms with E-state index in [9.17, 15) is 0 Å². The highest BCUT2D eigenvalue weighted by Crippen LogP contribution is 2.14. The minimum absolute atomic E-state index is 0.301. The van der Waals surface area contributed by atoms with E-state index < -0.39 is 0 Å². The first-order valence-corrected chi connectivity index (χ1v) is 4.70. The number of para-hydroxylation sites is 1. The smallest absolute Gasteiger partial charge is 0.128 e. The van der Waals surface area contributed by atoms with Crippen molar-refractivity contribution in [1.29, 1.82) is 0 Å². The second kappa shape index (κ2) is 4.13. The zero-order valence-electron chi connectivity index (χ0n) is 8.14. The molecule has 74 valence electrons. The minimum atomic E-state index is 0.301. The Morgan fingerprint density at radius 2 is 2.21 bits per heavy atom. The van der Waals surface area contributed by atoms with Gasteiger partial charge in [0, 0.05) is 0 Å². The highest BCUT2D eigenvalue weighted by Gasteiger charge is 2.19. The van der Waals surface area contributed by atoms with E-state index in [2.05, 4.69) is 5.16 Å².